The minimum absolute atomic E-state index is 0.171. The van der Waals surface area contributed by atoms with Gasteiger partial charge in [0.15, 0.2) is 0 Å². The molecule has 64 valence electrons. The van der Waals surface area contributed by atoms with Crippen LogP contribution in [0.15, 0.2) is 0 Å². The maximum absolute atomic E-state index is 11.3. The molecule has 0 rings (SSSR count). The number of carbonyl (C=O) groups is 2. The van der Waals surface area contributed by atoms with Gasteiger partial charge in [-0.25, -0.2) is 0 Å². The minimum Gasteiger partial charge on any atom is -0.305 e. The highest BCUT2D eigenvalue weighted by Crippen LogP contribution is 2.09. The first-order valence-electron chi connectivity index (χ1n) is 4.03. The molecule has 0 heterocycles. The lowest BCUT2D eigenvalue weighted by Crippen LogP contribution is -2.45. The summed E-state index contributed by atoms with van der Waals surface area (Å²) >= 11 is 0. The molecular formula is C8H16O2Si. The molecule has 0 saturated carbocycles. The average Bonchev–Trinajstić information content (AvgIpc) is 2.01. The molecule has 0 N–H and O–H groups in total. The maximum atomic E-state index is 11.3. The van der Waals surface area contributed by atoms with Crippen LogP contribution in [0, 0.1) is 0 Å². The van der Waals surface area contributed by atoms with Crippen molar-refractivity contribution >= 4 is 18.9 Å². The van der Waals surface area contributed by atoms with E-state index < -0.39 is 8.07 Å². The Morgan fingerprint density at radius 1 is 1.00 bits per heavy atom. The average molecular weight is 172 g/mol. The van der Waals surface area contributed by atoms with E-state index in [-0.39, 0.29) is 10.8 Å². The molecule has 0 unspecified atom stereocenters. The summed E-state index contributed by atoms with van der Waals surface area (Å²) in [5.41, 5.74) is 0. The summed E-state index contributed by atoms with van der Waals surface area (Å²) in [5, 5.41) is 0.341. The summed E-state index contributed by atoms with van der Waals surface area (Å²) in [6, 6.07) is 0. The third-order valence-corrected chi connectivity index (χ3v) is 5.53. The highest BCUT2D eigenvalue weighted by Gasteiger charge is 2.35. The molecule has 0 aliphatic carbocycles. The fourth-order valence-corrected chi connectivity index (χ4v) is 3.12. The van der Waals surface area contributed by atoms with E-state index in [0.717, 1.165) is 0 Å². The predicted octanol–water partition coefficient (Wildman–Crippen LogP) is 1.73. The second-order valence-corrected chi connectivity index (χ2v) is 7.54. The van der Waals surface area contributed by atoms with Gasteiger partial charge in [-0.05, 0) is 12.8 Å². The van der Waals surface area contributed by atoms with Crippen LogP contribution in [0.3, 0.4) is 0 Å². The molecule has 0 saturated heterocycles. The molecule has 0 bridgehead atoms. The number of rotatable bonds is 4. The van der Waals surface area contributed by atoms with E-state index in [2.05, 4.69) is 0 Å². The van der Waals surface area contributed by atoms with Gasteiger partial charge in [-0.2, -0.15) is 0 Å². The van der Waals surface area contributed by atoms with Gasteiger partial charge in [-0.1, -0.05) is 26.9 Å². The largest absolute Gasteiger partial charge is 0.305 e. The quantitative estimate of drug-likeness (QED) is 0.605. The Kier molecular flexibility index (Phi) is 3.65. The second kappa shape index (κ2) is 3.81. The van der Waals surface area contributed by atoms with Crippen molar-refractivity contribution in [1.82, 2.24) is 0 Å². The van der Waals surface area contributed by atoms with Gasteiger partial charge in [0.05, 0.1) is 0 Å². The van der Waals surface area contributed by atoms with Crippen LogP contribution >= 0.6 is 0 Å². The molecule has 0 fully saturated rings. The Bertz CT molecular complexity index is 155. The summed E-state index contributed by atoms with van der Waals surface area (Å²) in [6.07, 6.45) is 1.01. The van der Waals surface area contributed by atoms with Crippen molar-refractivity contribution in [3.8, 4) is 0 Å². The second-order valence-electron chi connectivity index (χ2n) is 3.18. The molecule has 0 aromatic carbocycles. The first-order valence-corrected chi connectivity index (χ1v) is 7.03. The van der Waals surface area contributed by atoms with Crippen LogP contribution in [0.2, 0.25) is 13.1 Å². The maximum Gasteiger partial charge on any atom is 0.202 e. The van der Waals surface area contributed by atoms with Crippen molar-refractivity contribution in [3.63, 3.8) is 0 Å². The van der Waals surface area contributed by atoms with E-state index in [0.29, 0.717) is 12.8 Å². The van der Waals surface area contributed by atoms with Crippen LogP contribution in [0.4, 0.5) is 0 Å². The van der Waals surface area contributed by atoms with Crippen LogP contribution in [-0.2, 0) is 9.59 Å². The lowest BCUT2D eigenvalue weighted by molar-refractivity contribution is -0.116. The topological polar surface area (TPSA) is 34.1 Å². The molecule has 11 heavy (non-hydrogen) atoms. The molecule has 0 atom stereocenters. The van der Waals surface area contributed by atoms with Crippen LogP contribution in [0.25, 0.3) is 0 Å². The third-order valence-electron chi connectivity index (χ3n) is 2.04. The van der Waals surface area contributed by atoms with Crippen molar-refractivity contribution in [3.05, 3.63) is 0 Å². The van der Waals surface area contributed by atoms with E-state index in [9.17, 15) is 9.59 Å². The van der Waals surface area contributed by atoms with E-state index in [1.165, 1.54) is 0 Å². The highest BCUT2D eigenvalue weighted by molar-refractivity contribution is 7.23. The van der Waals surface area contributed by atoms with Gasteiger partial charge < -0.3 is 9.59 Å². The predicted molar refractivity (Wildman–Crippen MR) is 48.1 cm³/mol. The fourth-order valence-electron chi connectivity index (χ4n) is 1.04. The number of hydrogen-bond donors (Lipinski definition) is 0. The van der Waals surface area contributed by atoms with Gasteiger partial charge in [0.25, 0.3) is 0 Å². The molecule has 0 aliphatic heterocycles. The van der Waals surface area contributed by atoms with Crippen LogP contribution < -0.4 is 0 Å². The normalized spacial score (nSPS) is 11.3. The summed E-state index contributed by atoms with van der Waals surface area (Å²) in [6.45, 7) is 7.31. The molecule has 3 heteroatoms. The van der Waals surface area contributed by atoms with E-state index in [4.69, 9.17) is 0 Å². The summed E-state index contributed by atoms with van der Waals surface area (Å²) < 4.78 is 0. The Hall–Kier alpha value is -0.443. The van der Waals surface area contributed by atoms with Gasteiger partial charge in [0, 0.05) is 0 Å². The molecule has 0 radical (unpaired) electrons. The molecule has 0 spiro atoms. The zero-order valence-corrected chi connectivity index (χ0v) is 8.73. The van der Waals surface area contributed by atoms with Crippen molar-refractivity contribution in [2.45, 2.75) is 39.8 Å². The summed E-state index contributed by atoms with van der Waals surface area (Å²) in [5.74, 6) is 0. The lowest BCUT2D eigenvalue weighted by atomic mass is 10.5. The zero-order chi connectivity index (χ0) is 9.07. The highest BCUT2D eigenvalue weighted by atomic mass is 28.3. The Morgan fingerprint density at radius 2 is 1.27 bits per heavy atom. The zero-order valence-electron chi connectivity index (χ0n) is 7.73. The van der Waals surface area contributed by atoms with Gasteiger partial charge in [0.1, 0.15) is 10.8 Å². The molecule has 0 aromatic rings. The van der Waals surface area contributed by atoms with Crippen molar-refractivity contribution in [1.29, 1.82) is 0 Å². The Labute approximate surface area is 69.0 Å². The SMILES string of the molecule is CCC(=O)[Si](C)(C)C(=O)CC. The monoisotopic (exact) mass is 172 g/mol. The number of hydrogen-bond acceptors (Lipinski definition) is 2. The van der Waals surface area contributed by atoms with E-state index in [1.807, 2.05) is 26.9 Å². The Balaban J connectivity index is 4.44. The first-order chi connectivity index (χ1) is 4.96. The standard InChI is InChI=1S/C8H16O2Si/c1-5-7(9)11(3,4)8(10)6-2/h5-6H2,1-4H3. The van der Waals surface area contributed by atoms with Gasteiger partial charge in [-0.15, -0.1) is 0 Å². The third kappa shape index (κ3) is 2.26. The van der Waals surface area contributed by atoms with Crippen molar-refractivity contribution < 1.29 is 9.59 Å². The van der Waals surface area contributed by atoms with E-state index in [1.54, 1.807) is 0 Å². The van der Waals surface area contributed by atoms with E-state index >= 15 is 0 Å². The van der Waals surface area contributed by atoms with Gasteiger partial charge >= 0.3 is 0 Å². The number of carbonyl (C=O) groups excluding carboxylic acids is 2. The molecular weight excluding hydrogens is 156 g/mol. The van der Waals surface area contributed by atoms with Crippen molar-refractivity contribution in [2.24, 2.45) is 0 Å². The summed E-state index contributed by atoms with van der Waals surface area (Å²) in [4.78, 5) is 22.5. The Morgan fingerprint density at radius 3 is 1.45 bits per heavy atom. The smallest absolute Gasteiger partial charge is 0.202 e. The molecule has 0 amide bonds. The molecule has 0 aliphatic rings. The van der Waals surface area contributed by atoms with Gasteiger partial charge in [0.2, 0.25) is 8.07 Å². The van der Waals surface area contributed by atoms with Gasteiger partial charge in [-0.3, -0.25) is 0 Å². The van der Waals surface area contributed by atoms with Crippen molar-refractivity contribution in [2.75, 3.05) is 0 Å². The van der Waals surface area contributed by atoms with Crippen LogP contribution in [0.1, 0.15) is 26.7 Å². The van der Waals surface area contributed by atoms with Crippen LogP contribution in [0.5, 0.6) is 0 Å². The first kappa shape index (κ1) is 10.6. The molecule has 2 nitrogen and oxygen atoms in total. The molecule has 0 aromatic heterocycles. The lowest BCUT2D eigenvalue weighted by Gasteiger charge is -2.16. The summed E-state index contributed by atoms with van der Waals surface area (Å²) in [7, 11) is -2.19. The minimum atomic E-state index is -2.19. The fraction of sp³-hybridized carbons (Fsp3) is 0.750. The van der Waals surface area contributed by atoms with Crippen LogP contribution in [-0.4, -0.2) is 18.9 Å².